The molecule has 0 saturated carbocycles. The van der Waals surface area contributed by atoms with Gasteiger partial charge in [0, 0.05) is 11.4 Å². The van der Waals surface area contributed by atoms with Crippen molar-refractivity contribution in [2.45, 2.75) is 38.6 Å². The molecule has 0 saturated heterocycles. The lowest BCUT2D eigenvalue weighted by Gasteiger charge is -2.10. The van der Waals surface area contributed by atoms with Crippen molar-refractivity contribution in [1.29, 1.82) is 5.26 Å². The van der Waals surface area contributed by atoms with Gasteiger partial charge in [0.1, 0.15) is 23.8 Å². The molecular formula is C22H21N3O4S. The van der Waals surface area contributed by atoms with E-state index in [1.54, 1.807) is 35.6 Å². The number of hydrogen-bond donors (Lipinski definition) is 0. The highest BCUT2D eigenvalue weighted by atomic mass is 32.1. The molecule has 0 amide bonds. The number of thiophene rings is 1. The molecule has 4 rings (SSSR count). The zero-order valence-corrected chi connectivity index (χ0v) is 17.2. The molecule has 7 nitrogen and oxygen atoms in total. The summed E-state index contributed by atoms with van der Waals surface area (Å²) in [5, 5.41) is 9.50. The highest BCUT2D eigenvalue weighted by Crippen LogP contribution is 2.33. The summed E-state index contributed by atoms with van der Waals surface area (Å²) in [4.78, 5) is 31.4. The summed E-state index contributed by atoms with van der Waals surface area (Å²) < 4.78 is 12.2. The van der Waals surface area contributed by atoms with Crippen LogP contribution < -0.4 is 10.3 Å². The zero-order chi connectivity index (χ0) is 20.9. The maximum atomic E-state index is 12.9. The molecule has 0 N–H and O–H groups in total. The van der Waals surface area contributed by atoms with Gasteiger partial charge < -0.3 is 9.47 Å². The average Bonchev–Trinajstić information content (AvgIpc) is 3.16. The Bertz CT molecular complexity index is 1160. The van der Waals surface area contributed by atoms with Gasteiger partial charge in [0.15, 0.2) is 0 Å². The maximum Gasteiger partial charge on any atom is 0.307 e. The summed E-state index contributed by atoms with van der Waals surface area (Å²) in [6.07, 6.45) is 5.83. The molecule has 8 heteroatoms. The molecule has 1 aliphatic carbocycles. The van der Waals surface area contributed by atoms with Crippen LogP contribution in [0, 0.1) is 11.3 Å². The van der Waals surface area contributed by atoms with E-state index in [1.807, 2.05) is 6.07 Å². The molecule has 0 atom stereocenters. The van der Waals surface area contributed by atoms with Crippen LogP contribution in [0.5, 0.6) is 5.75 Å². The predicted octanol–water partition coefficient (Wildman–Crippen LogP) is 3.22. The number of ether oxygens (including phenoxy) is 2. The Balaban J connectivity index is 1.28. The Labute approximate surface area is 177 Å². The van der Waals surface area contributed by atoms with E-state index in [-0.39, 0.29) is 31.7 Å². The second kappa shape index (κ2) is 9.09. The van der Waals surface area contributed by atoms with E-state index in [1.165, 1.54) is 15.8 Å². The standard InChI is InChI=1S/C22H21N3O4S/c23-13-15-5-7-16(8-6-15)28-11-12-29-19(26)9-10-25-14-24-21-20(22(25)27)17-3-1-2-4-18(17)30-21/h5-8,14H,1-4,9-12H2. The SMILES string of the molecule is N#Cc1ccc(OCCOC(=O)CCn2cnc3sc4c(c3c2=O)CCCC4)cc1. The van der Waals surface area contributed by atoms with Crippen molar-refractivity contribution in [1.82, 2.24) is 9.55 Å². The third-order valence-electron chi connectivity index (χ3n) is 5.10. The van der Waals surface area contributed by atoms with Gasteiger partial charge in [-0.3, -0.25) is 14.2 Å². The minimum atomic E-state index is -0.391. The van der Waals surface area contributed by atoms with Crippen LogP contribution in [0.3, 0.4) is 0 Å². The van der Waals surface area contributed by atoms with Crippen LogP contribution >= 0.6 is 11.3 Å². The number of carbonyl (C=O) groups excluding carboxylic acids is 1. The van der Waals surface area contributed by atoms with E-state index < -0.39 is 5.97 Å². The minimum absolute atomic E-state index is 0.0728. The molecule has 0 aliphatic heterocycles. The first-order valence-corrected chi connectivity index (χ1v) is 10.8. The molecule has 1 aliphatic rings. The summed E-state index contributed by atoms with van der Waals surface area (Å²) >= 11 is 1.61. The van der Waals surface area contributed by atoms with Crippen molar-refractivity contribution in [3.63, 3.8) is 0 Å². The highest BCUT2D eigenvalue weighted by molar-refractivity contribution is 7.18. The van der Waals surface area contributed by atoms with Crippen LogP contribution in [-0.2, 0) is 28.9 Å². The van der Waals surface area contributed by atoms with E-state index in [9.17, 15) is 9.59 Å². The van der Waals surface area contributed by atoms with Gasteiger partial charge in [-0.15, -0.1) is 11.3 Å². The fourth-order valence-electron chi connectivity index (χ4n) is 3.57. The number of fused-ring (bicyclic) bond motifs is 3. The lowest BCUT2D eigenvalue weighted by Crippen LogP contribution is -2.23. The minimum Gasteiger partial charge on any atom is -0.490 e. The van der Waals surface area contributed by atoms with E-state index >= 15 is 0 Å². The van der Waals surface area contributed by atoms with Crippen LogP contribution in [0.25, 0.3) is 10.2 Å². The first-order valence-electron chi connectivity index (χ1n) is 9.94. The largest absolute Gasteiger partial charge is 0.490 e. The normalized spacial score (nSPS) is 12.9. The fraction of sp³-hybridized carbons (Fsp3) is 0.364. The van der Waals surface area contributed by atoms with Crippen LogP contribution in [0.4, 0.5) is 0 Å². The Morgan fingerprint density at radius 3 is 2.80 bits per heavy atom. The zero-order valence-electron chi connectivity index (χ0n) is 16.4. The van der Waals surface area contributed by atoms with Crippen molar-refractivity contribution in [3.8, 4) is 11.8 Å². The molecule has 0 fully saturated rings. The lowest BCUT2D eigenvalue weighted by molar-refractivity contribution is -0.144. The van der Waals surface area contributed by atoms with Crippen LogP contribution in [0.1, 0.15) is 35.3 Å². The quantitative estimate of drug-likeness (QED) is 0.428. The number of esters is 1. The second-order valence-electron chi connectivity index (χ2n) is 7.09. The lowest BCUT2D eigenvalue weighted by atomic mass is 9.97. The Kier molecular flexibility index (Phi) is 6.10. The highest BCUT2D eigenvalue weighted by Gasteiger charge is 2.20. The fourth-order valence-corrected chi connectivity index (χ4v) is 4.78. The van der Waals surface area contributed by atoms with Gasteiger partial charge in [0.2, 0.25) is 0 Å². The van der Waals surface area contributed by atoms with Gasteiger partial charge in [-0.05, 0) is 55.5 Å². The summed E-state index contributed by atoms with van der Waals surface area (Å²) in [5.41, 5.74) is 1.63. The molecular weight excluding hydrogens is 402 g/mol. The van der Waals surface area contributed by atoms with Gasteiger partial charge in [0.25, 0.3) is 5.56 Å². The molecule has 2 heterocycles. The number of aryl methyl sites for hydroxylation is 3. The Morgan fingerprint density at radius 1 is 1.20 bits per heavy atom. The van der Waals surface area contributed by atoms with Gasteiger partial charge in [-0.2, -0.15) is 5.26 Å². The molecule has 0 bridgehead atoms. The number of aromatic nitrogens is 2. The summed E-state index contributed by atoms with van der Waals surface area (Å²) in [5.74, 6) is 0.216. The molecule has 2 aromatic heterocycles. The van der Waals surface area contributed by atoms with Gasteiger partial charge in [0.05, 0.1) is 29.8 Å². The number of nitrogens with zero attached hydrogens (tertiary/aromatic N) is 3. The number of hydrogen-bond acceptors (Lipinski definition) is 7. The van der Waals surface area contributed by atoms with E-state index in [4.69, 9.17) is 14.7 Å². The van der Waals surface area contributed by atoms with Crippen LogP contribution in [0.2, 0.25) is 0 Å². The van der Waals surface area contributed by atoms with Crippen molar-refractivity contribution in [2.75, 3.05) is 13.2 Å². The average molecular weight is 423 g/mol. The first kappa shape index (κ1) is 20.1. The summed E-state index contributed by atoms with van der Waals surface area (Å²) in [7, 11) is 0. The van der Waals surface area contributed by atoms with Gasteiger partial charge in [-0.25, -0.2) is 4.98 Å². The summed E-state index contributed by atoms with van der Waals surface area (Å²) in [6, 6.07) is 8.75. The maximum absolute atomic E-state index is 12.9. The van der Waals surface area contributed by atoms with Gasteiger partial charge >= 0.3 is 5.97 Å². The molecule has 0 radical (unpaired) electrons. The Morgan fingerprint density at radius 2 is 2.00 bits per heavy atom. The first-order chi connectivity index (χ1) is 14.7. The molecule has 154 valence electrons. The number of benzene rings is 1. The molecule has 0 spiro atoms. The van der Waals surface area contributed by atoms with E-state index in [0.29, 0.717) is 11.3 Å². The topological polar surface area (TPSA) is 94.2 Å². The number of rotatable bonds is 7. The van der Waals surface area contributed by atoms with Crippen LogP contribution in [-0.4, -0.2) is 28.7 Å². The third kappa shape index (κ3) is 4.36. The van der Waals surface area contributed by atoms with Gasteiger partial charge in [-0.1, -0.05) is 0 Å². The third-order valence-corrected chi connectivity index (χ3v) is 6.30. The van der Waals surface area contributed by atoms with E-state index in [2.05, 4.69) is 4.98 Å². The molecule has 30 heavy (non-hydrogen) atoms. The monoisotopic (exact) mass is 423 g/mol. The molecule has 0 unspecified atom stereocenters. The molecule has 1 aromatic carbocycles. The smallest absolute Gasteiger partial charge is 0.307 e. The Hall–Kier alpha value is -3.18. The van der Waals surface area contributed by atoms with Crippen molar-refractivity contribution in [2.24, 2.45) is 0 Å². The van der Waals surface area contributed by atoms with Crippen LogP contribution in [0.15, 0.2) is 35.4 Å². The molecule has 3 aromatic rings. The van der Waals surface area contributed by atoms with E-state index in [0.717, 1.165) is 41.5 Å². The second-order valence-corrected chi connectivity index (χ2v) is 8.17. The number of nitriles is 1. The predicted molar refractivity (Wildman–Crippen MR) is 113 cm³/mol. The van der Waals surface area contributed by atoms with Crippen molar-refractivity contribution in [3.05, 3.63) is 57.0 Å². The van der Waals surface area contributed by atoms with Crippen molar-refractivity contribution < 1.29 is 14.3 Å². The number of carbonyl (C=O) groups is 1. The van der Waals surface area contributed by atoms with Crippen molar-refractivity contribution >= 4 is 27.5 Å². The summed E-state index contributed by atoms with van der Waals surface area (Å²) in [6.45, 7) is 0.566.